The summed E-state index contributed by atoms with van der Waals surface area (Å²) in [4.78, 5) is 20.6. The van der Waals surface area contributed by atoms with E-state index >= 15 is 0 Å². The molecule has 3 rings (SSSR count). The second-order valence-electron chi connectivity index (χ2n) is 4.88. The van der Waals surface area contributed by atoms with Crippen molar-refractivity contribution in [2.75, 3.05) is 6.54 Å². The van der Waals surface area contributed by atoms with E-state index in [0.29, 0.717) is 29.2 Å². The molecule has 0 radical (unpaired) electrons. The highest BCUT2D eigenvalue weighted by Gasteiger charge is 2.07. The average molecular weight is 330 g/mol. The summed E-state index contributed by atoms with van der Waals surface area (Å²) in [7, 11) is 0. The summed E-state index contributed by atoms with van der Waals surface area (Å²) in [5.41, 5.74) is 1.43. The van der Waals surface area contributed by atoms with Crippen LogP contribution in [0.15, 0.2) is 53.9 Å². The molecule has 0 aliphatic heterocycles. The molecular formula is C15H14N4O3S. The topological polar surface area (TPSA) is 96.6 Å². The molecule has 1 amide bonds. The summed E-state index contributed by atoms with van der Waals surface area (Å²) in [5, 5.41) is 2.82. The Bertz CT molecular complexity index is 861. The summed E-state index contributed by atoms with van der Waals surface area (Å²) in [6, 6.07) is 6.75. The predicted molar refractivity (Wildman–Crippen MR) is 84.5 cm³/mol. The number of nitrogens with zero attached hydrogens (tertiary/aromatic N) is 3. The van der Waals surface area contributed by atoms with Crippen LogP contribution >= 0.6 is 0 Å². The molecule has 0 aliphatic carbocycles. The lowest BCUT2D eigenvalue weighted by Crippen LogP contribution is -2.26. The maximum atomic E-state index is 12.1. The minimum atomic E-state index is -1.97. The quantitative estimate of drug-likeness (QED) is 0.687. The van der Waals surface area contributed by atoms with Gasteiger partial charge >= 0.3 is 0 Å². The molecule has 1 atom stereocenters. The zero-order chi connectivity index (χ0) is 16.2. The van der Waals surface area contributed by atoms with Gasteiger partial charge in [-0.15, -0.1) is 0 Å². The molecule has 0 bridgehead atoms. The number of aromatic nitrogens is 3. The van der Waals surface area contributed by atoms with Crippen LogP contribution in [0.3, 0.4) is 0 Å². The first kappa shape index (κ1) is 15.3. The number of benzene rings is 1. The van der Waals surface area contributed by atoms with Gasteiger partial charge < -0.3 is 9.87 Å². The molecular weight excluding hydrogens is 316 g/mol. The van der Waals surface area contributed by atoms with E-state index in [1.54, 1.807) is 47.3 Å². The summed E-state index contributed by atoms with van der Waals surface area (Å²) in [6.07, 6.45) is 7.14. The molecule has 0 fully saturated rings. The van der Waals surface area contributed by atoms with E-state index < -0.39 is 11.1 Å². The third-order valence-corrected chi connectivity index (χ3v) is 4.01. The van der Waals surface area contributed by atoms with Crippen molar-refractivity contribution in [3.05, 3.63) is 60.2 Å². The lowest BCUT2D eigenvalue weighted by Gasteiger charge is -2.06. The molecule has 0 saturated heterocycles. The average Bonchev–Trinajstić information content (AvgIpc) is 3.02. The highest BCUT2D eigenvalue weighted by Crippen LogP contribution is 2.08. The smallest absolute Gasteiger partial charge is 0.254 e. The molecule has 2 heterocycles. The summed E-state index contributed by atoms with van der Waals surface area (Å²) in [6.45, 7) is 0.461. The lowest BCUT2D eigenvalue weighted by molar-refractivity contribution is 0.0953. The molecule has 118 valence electrons. The molecule has 0 spiro atoms. The maximum absolute atomic E-state index is 12.1. The van der Waals surface area contributed by atoms with Crippen LogP contribution in [0.25, 0.3) is 5.78 Å². The highest BCUT2D eigenvalue weighted by atomic mass is 32.2. The first-order valence-electron chi connectivity index (χ1n) is 6.90. The number of carbonyl (C=O) groups excluding carboxylic acids is 1. The van der Waals surface area contributed by atoms with Crippen LogP contribution in [-0.4, -0.2) is 35.6 Å². The van der Waals surface area contributed by atoms with E-state index in [1.165, 1.54) is 6.20 Å². The fraction of sp³-hybridized carbons (Fsp3) is 0.133. The van der Waals surface area contributed by atoms with Gasteiger partial charge in [0.1, 0.15) is 0 Å². The van der Waals surface area contributed by atoms with Crippen LogP contribution in [0.1, 0.15) is 15.9 Å². The lowest BCUT2D eigenvalue weighted by atomic mass is 10.1. The number of hydrogen-bond donors (Lipinski definition) is 2. The standard InChI is InChI=1S/C15H14N4O3S/c20-14(12-9-18-15-17-7-8-19(15)10-12)16-6-5-11-1-3-13(4-2-11)23(21)22/h1-4,7-10H,5-6H2,(H,16,20)(H,21,22). The molecule has 1 unspecified atom stereocenters. The van der Waals surface area contributed by atoms with Crippen molar-refractivity contribution in [1.82, 2.24) is 19.7 Å². The van der Waals surface area contributed by atoms with Gasteiger partial charge in [0.15, 0.2) is 11.1 Å². The third-order valence-electron chi connectivity index (χ3n) is 3.33. The Morgan fingerprint density at radius 3 is 2.78 bits per heavy atom. The van der Waals surface area contributed by atoms with Gasteiger partial charge in [-0.25, -0.2) is 14.2 Å². The minimum absolute atomic E-state index is 0.207. The van der Waals surface area contributed by atoms with Crippen molar-refractivity contribution in [3.63, 3.8) is 0 Å². The van der Waals surface area contributed by atoms with Crippen LogP contribution in [0.4, 0.5) is 0 Å². The van der Waals surface area contributed by atoms with Crippen molar-refractivity contribution < 1.29 is 13.6 Å². The largest absolute Gasteiger partial charge is 0.352 e. The summed E-state index contributed by atoms with van der Waals surface area (Å²) >= 11 is -1.97. The van der Waals surface area contributed by atoms with E-state index in [9.17, 15) is 9.00 Å². The van der Waals surface area contributed by atoms with Crippen LogP contribution in [0.5, 0.6) is 0 Å². The van der Waals surface area contributed by atoms with E-state index in [-0.39, 0.29) is 5.91 Å². The van der Waals surface area contributed by atoms with Crippen molar-refractivity contribution in [2.24, 2.45) is 0 Å². The van der Waals surface area contributed by atoms with E-state index in [4.69, 9.17) is 4.55 Å². The van der Waals surface area contributed by atoms with Gasteiger partial charge in [0.2, 0.25) is 5.78 Å². The van der Waals surface area contributed by atoms with E-state index in [0.717, 1.165) is 5.56 Å². The van der Waals surface area contributed by atoms with Gasteiger partial charge in [0.25, 0.3) is 5.91 Å². The number of carbonyl (C=O) groups is 1. The minimum Gasteiger partial charge on any atom is -0.352 e. The predicted octanol–water partition coefficient (Wildman–Crippen LogP) is 1.28. The maximum Gasteiger partial charge on any atom is 0.254 e. The van der Waals surface area contributed by atoms with Gasteiger partial charge in [-0.05, 0) is 24.1 Å². The van der Waals surface area contributed by atoms with Crippen LogP contribution in [0.2, 0.25) is 0 Å². The second kappa shape index (κ2) is 6.67. The van der Waals surface area contributed by atoms with Gasteiger partial charge in [0, 0.05) is 31.3 Å². The molecule has 3 aromatic rings. The summed E-state index contributed by atoms with van der Waals surface area (Å²) in [5.74, 6) is 0.337. The van der Waals surface area contributed by atoms with E-state index in [1.807, 2.05) is 0 Å². The Hall–Kier alpha value is -2.58. The van der Waals surface area contributed by atoms with Gasteiger partial charge in [-0.3, -0.25) is 9.20 Å². The Morgan fingerprint density at radius 1 is 1.26 bits per heavy atom. The zero-order valence-corrected chi connectivity index (χ0v) is 12.9. The highest BCUT2D eigenvalue weighted by molar-refractivity contribution is 7.79. The Balaban J connectivity index is 1.57. The Morgan fingerprint density at radius 2 is 2.04 bits per heavy atom. The molecule has 23 heavy (non-hydrogen) atoms. The first-order chi connectivity index (χ1) is 11.1. The molecule has 8 heteroatoms. The SMILES string of the molecule is O=C(NCCc1ccc(S(=O)O)cc1)c1cnc2nccn2c1. The monoisotopic (exact) mass is 330 g/mol. The fourth-order valence-corrected chi connectivity index (χ4v) is 2.50. The summed E-state index contributed by atoms with van der Waals surface area (Å²) < 4.78 is 21.5. The molecule has 0 saturated carbocycles. The zero-order valence-electron chi connectivity index (χ0n) is 12.0. The van der Waals surface area contributed by atoms with Gasteiger partial charge in [-0.2, -0.15) is 0 Å². The van der Waals surface area contributed by atoms with Gasteiger partial charge in [-0.1, -0.05) is 12.1 Å². The fourth-order valence-electron chi connectivity index (χ4n) is 2.13. The number of fused-ring (bicyclic) bond motifs is 1. The van der Waals surface area contributed by atoms with Crippen molar-refractivity contribution in [3.8, 4) is 0 Å². The molecule has 0 aliphatic rings. The number of rotatable bonds is 5. The second-order valence-corrected chi connectivity index (χ2v) is 5.85. The van der Waals surface area contributed by atoms with Gasteiger partial charge in [0.05, 0.1) is 10.5 Å². The van der Waals surface area contributed by atoms with Crippen molar-refractivity contribution in [2.45, 2.75) is 11.3 Å². The molecule has 1 aromatic carbocycles. The number of imidazole rings is 1. The van der Waals surface area contributed by atoms with Crippen molar-refractivity contribution in [1.29, 1.82) is 0 Å². The van der Waals surface area contributed by atoms with Crippen LogP contribution in [-0.2, 0) is 17.5 Å². The molecule has 7 nitrogen and oxygen atoms in total. The number of amides is 1. The number of hydrogen-bond acceptors (Lipinski definition) is 4. The Labute approximate surface area is 134 Å². The van der Waals surface area contributed by atoms with Crippen LogP contribution < -0.4 is 5.32 Å². The normalized spacial score (nSPS) is 12.2. The van der Waals surface area contributed by atoms with E-state index in [2.05, 4.69) is 15.3 Å². The molecule has 2 aromatic heterocycles. The molecule has 2 N–H and O–H groups in total. The van der Waals surface area contributed by atoms with Crippen molar-refractivity contribution >= 4 is 22.8 Å². The van der Waals surface area contributed by atoms with Crippen LogP contribution in [0, 0.1) is 0 Å². The third kappa shape index (κ3) is 3.61. The Kier molecular flexibility index (Phi) is 4.45. The number of nitrogens with one attached hydrogen (secondary N) is 1. The first-order valence-corrected chi connectivity index (χ1v) is 8.01.